The van der Waals surface area contributed by atoms with Gasteiger partial charge >= 0.3 is 5.97 Å². The minimum absolute atomic E-state index is 0.00345. The van der Waals surface area contributed by atoms with E-state index >= 15 is 0 Å². The van der Waals surface area contributed by atoms with Gasteiger partial charge in [-0.1, -0.05) is 77.6 Å². The monoisotopic (exact) mass is 501 g/mol. The molecule has 0 spiro atoms. The molecule has 2 N–H and O–H groups in total. The zero-order valence-corrected chi connectivity index (χ0v) is 22.0. The molecule has 0 bridgehead atoms. The molecule has 8 nitrogen and oxygen atoms in total. The lowest BCUT2D eigenvalue weighted by Crippen LogP contribution is -2.61. The zero-order valence-electron chi connectivity index (χ0n) is 22.0. The van der Waals surface area contributed by atoms with Crippen LogP contribution in [-0.4, -0.2) is 61.4 Å². The van der Waals surface area contributed by atoms with Gasteiger partial charge in [0.15, 0.2) is 0 Å². The maximum Gasteiger partial charge on any atom is 0.337 e. The first kappa shape index (κ1) is 29.3. The fourth-order valence-corrected chi connectivity index (χ4v) is 4.47. The number of esters is 1. The van der Waals surface area contributed by atoms with Crippen LogP contribution in [0.4, 0.5) is 0 Å². The van der Waals surface area contributed by atoms with Crippen LogP contribution in [0.25, 0.3) is 0 Å². The second-order valence-electron chi connectivity index (χ2n) is 9.49. The van der Waals surface area contributed by atoms with Crippen molar-refractivity contribution < 1.29 is 23.9 Å². The Morgan fingerprint density at radius 2 is 1.42 bits per heavy atom. The van der Waals surface area contributed by atoms with Crippen LogP contribution in [0.3, 0.4) is 0 Å². The van der Waals surface area contributed by atoms with Crippen molar-refractivity contribution in [3.8, 4) is 0 Å². The van der Waals surface area contributed by atoms with E-state index in [4.69, 9.17) is 0 Å². The Hall–Kier alpha value is -2.90. The van der Waals surface area contributed by atoms with E-state index in [-0.39, 0.29) is 30.8 Å². The Bertz CT molecular complexity index is 840. The summed E-state index contributed by atoms with van der Waals surface area (Å²) in [6, 6.07) is 5.35. The van der Waals surface area contributed by atoms with Crippen molar-refractivity contribution in [3.63, 3.8) is 0 Å². The van der Waals surface area contributed by atoms with E-state index in [9.17, 15) is 19.2 Å². The van der Waals surface area contributed by atoms with Crippen molar-refractivity contribution in [2.24, 2.45) is 0 Å². The number of carbonyl (C=O) groups is 4. The average molecular weight is 502 g/mol. The van der Waals surface area contributed by atoms with Gasteiger partial charge in [0, 0.05) is 18.7 Å². The quantitative estimate of drug-likeness (QED) is 0.246. The Kier molecular flexibility index (Phi) is 13.6. The highest BCUT2D eigenvalue weighted by molar-refractivity contribution is 5.98. The number of amides is 3. The van der Waals surface area contributed by atoms with Crippen LogP contribution in [0.2, 0.25) is 0 Å². The number of nitrogens with zero attached hydrogens (tertiary/aromatic N) is 1. The normalized spacial score (nSPS) is 15.5. The lowest BCUT2D eigenvalue weighted by Gasteiger charge is -2.35. The average Bonchev–Trinajstić information content (AvgIpc) is 2.90. The first-order valence-electron chi connectivity index (χ1n) is 13.5. The lowest BCUT2D eigenvalue weighted by atomic mass is 10.0. The molecule has 200 valence electrons. The van der Waals surface area contributed by atoms with Gasteiger partial charge in [-0.25, -0.2) is 4.79 Å². The van der Waals surface area contributed by atoms with Crippen LogP contribution >= 0.6 is 0 Å². The number of unbranched alkanes of at least 4 members (excludes halogenated alkanes) is 11. The molecule has 0 saturated carbocycles. The molecule has 1 aromatic rings. The first-order chi connectivity index (χ1) is 17.5. The second kappa shape index (κ2) is 16.7. The third kappa shape index (κ3) is 9.99. The number of methoxy groups -OCH3 is 1. The molecule has 1 atom stereocenters. The Labute approximate surface area is 215 Å². The standard InChI is InChI=1S/C28H43N3O5/c1-3-4-5-6-7-8-9-10-11-12-13-14-19-31-24(27(34)30-21-25(31)32)20-29-26(33)22-15-17-23(18-16-22)28(35)36-2/h15-18,24H,3-14,19-21H2,1-2H3,(H,29,33)(H,30,34)/t24-/m0/s1. The van der Waals surface area contributed by atoms with Gasteiger partial charge in [-0.3, -0.25) is 14.4 Å². The number of nitrogens with one attached hydrogen (secondary N) is 2. The van der Waals surface area contributed by atoms with Crippen molar-refractivity contribution in [2.75, 3.05) is 26.7 Å². The van der Waals surface area contributed by atoms with E-state index in [1.165, 1.54) is 89.2 Å². The molecule has 0 radical (unpaired) electrons. The molecule has 1 fully saturated rings. The number of hydrogen-bond donors (Lipinski definition) is 2. The minimum atomic E-state index is -0.725. The summed E-state index contributed by atoms with van der Waals surface area (Å²) < 4.78 is 4.66. The first-order valence-corrected chi connectivity index (χ1v) is 13.5. The third-order valence-electron chi connectivity index (χ3n) is 6.69. The molecule has 1 aliphatic heterocycles. The molecule has 1 saturated heterocycles. The van der Waals surface area contributed by atoms with E-state index in [1.54, 1.807) is 4.90 Å². The molecule has 36 heavy (non-hydrogen) atoms. The minimum Gasteiger partial charge on any atom is -0.465 e. The number of benzene rings is 1. The van der Waals surface area contributed by atoms with Gasteiger partial charge in [0.2, 0.25) is 11.8 Å². The molecular weight excluding hydrogens is 458 g/mol. The van der Waals surface area contributed by atoms with Crippen LogP contribution in [-0.2, 0) is 14.3 Å². The summed E-state index contributed by atoms with van der Waals surface area (Å²) in [6.45, 7) is 2.78. The van der Waals surface area contributed by atoms with Crippen molar-refractivity contribution in [3.05, 3.63) is 35.4 Å². The molecule has 1 aromatic carbocycles. The van der Waals surface area contributed by atoms with Crippen LogP contribution in [0.15, 0.2) is 24.3 Å². The van der Waals surface area contributed by atoms with Crippen molar-refractivity contribution in [1.29, 1.82) is 0 Å². The van der Waals surface area contributed by atoms with Crippen molar-refractivity contribution in [2.45, 2.75) is 90.0 Å². The maximum atomic E-state index is 12.5. The van der Waals surface area contributed by atoms with Crippen molar-refractivity contribution in [1.82, 2.24) is 15.5 Å². The highest BCUT2D eigenvalue weighted by Gasteiger charge is 2.34. The maximum absolute atomic E-state index is 12.5. The van der Waals surface area contributed by atoms with Gasteiger partial charge in [0.1, 0.15) is 6.04 Å². The Morgan fingerprint density at radius 1 is 0.889 bits per heavy atom. The van der Waals surface area contributed by atoms with Crippen LogP contribution in [0, 0.1) is 0 Å². The number of hydrogen-bond acceptors (Lipinski definition) is 5. The second-order valence-corrected chi connectivity index (χ2v) is 9.49. The number of rotatable bonds is 17. The zero-order chi connectivity index (χ0) is 26.2. The van der Waals surface area contributed by atoms with Crippen LogP contribution in [0.5, 0.6) is 0 Å². The molecule has 3 amide bonds. The van der Waals surface area contributed by atoms with Crippen LogP contribution in [0.1, 0.15) is 105 Å². The van der Waals surface area contributed by atoms with Gasteiger partial charge in [0.25, 0.3) is 5.91 Å². The summed E-state index contributed by atoms with van der Waals surface area (Å²) in [6.07, 6.45) is 14.8. The molecule has 8 heteroatoms. The SMILES string of the molecule is CCCCCCCCCCCCCCN1C(=O)CNC(=O)[C@@H]1CNC(=O)c1ccc(C(=O)OC)cc1. The molecule has 0 aromatic heterocycles. The highest BCUT2D eigenvalue weighted by atomic mass is 16.5. The molecule has 0 unspecified atom stereocenters. The number of ether oxygens (including phenoxy) is 1. The van der Waals surface area contributed by atoms with E-state index in [0.29, 0.717) is 17.7 Å². The van der Waals surface area contributed by atoms with Gasteiger partial charge in [0.05, 0.1) is 19.2 Å². The summed E-state index contributed by atoms with van der Waals surface area (Å²) >= 11 is 0. The largest absolute Gasteiger partial charge is 0.465 e. The molecule has 1 heterocycles. The smallest absolute Gasteiger partial charge is 0.337 e. The van der Waals surface area contributed by atoms with E-state index in [0.717, 1.165) is 19.3 Å². The van der Waals surface area contributed by atoms with Crippen molar-refractivity contribution >= 4 is 23.7 Å². The summed E-state index contributed by atoms with van der Waals surface area (Å²) in [4.78, 5) is 50.6. The Morgan fingerprint density at radius 3 is 1.97 bits per heavy atom. The van der Waals surface area contributed by atoms with Gasteiger partial charge in [-0.05, 0) is 30.7 Å². The van der Waals surface area contributed by atoms with Crippen LogP contribution < -0.4 is 10.6 Å². The lowest BCUT2D eigenvalue weighted by molar-refractivity contribution is -0.145. The molecular formula is C28H43N3O5. The summed E-state index contributed by atoms with van der Waals surface area (Å²) in [7, 11) is 1.29. The van der Waals surface area contributed by atoms with Gasteiger partial charge in [-0.2, -0.15) is 0 Å². The molecule has 0 aliphatic carbocycles. The number of carbonyl (C=O) groups excluding carboxylic acids is 4. The molecule has 2 rings (SSSR count). The topological polar surface area (TPSA) is 105 Å². The molecule has 1 aliphatic rings. The van der Waals surface area contributed by atoms with E-state index < -0.39 is 12.0 Å². The van der Waals surface area contributed by atoms with Gasteiger partial charge < -0.3 is 20.3 Å². The fourth-order valence-electron chi connectivity index (χ4n) is 4.47. The summed E-state index contributed by atoms with van der Waals surface area (Å²) in [5.74, 6) is -1.23. The summed E-state index contributed by atoms with van der Waals surface area (Å²) in [5.41, 5.74) is 0.706. The number of piperazine rings is 1. The van der Waals surface area contributed by atoms with E-state index in [1.807, 2.05) is 0 Å². The third-order valence-corrected chi connectivity index (χ3v) is 6.69. The highest BCUT2D eigenvalue weighted by Crippen LogP contribution is 2.14. The van der Waals surface area contributed by atoms with Gasteiger partial charge in [-0.15, -0.1) is 0 Å². The predicted octanol–water partition coefficient (Wildman–Crippen LogP) is 4.23. The van der Waals surface area contributed by atoms with E-state index in [2.05, 4.69) is 22.3 Å². The predicted molar refractivity (Wildman–Crippen MR) is 140 cm³/mol. The fraction of sp³-hybridized carbons (Fsp3) is 0.643. The Balaban J connectivity index is 1.71. The summed E-state index contributed by atoms with van der Waals surface area (Å²) in [5, 5.41) is 5.36.